The van der Waals surface area contributed by atoms with Gasteiger partial charge in [-0.2, -0.15) is 5.10 Å². The Bertz CT molecular complexity index is 531. The molecule has 0 bridgehead atoms. The number of aryl methyl sites for hydroxylation is 2. The zero-order valence-electron chi connectivity index (χ0n) is 10.1. The third kappa shape index (κ3) is 2.58. The fourth-order valence-corrected chi connectivity index (χ4v) is 2.15. The summed E-state index contributed by atoms with van der Waals surface area (Å²) in [5.41, 5.74) is 10.0. The van der Waals surface area contributed by atoms with Crippen molar-refractivity contribution in [1.29, 1.82) is 0 Å². The lowest BCUT2D eigenvalue weighted by atomic mass is 10.2. The quantitative estimate of drug-likeness (QED) is 0.946. The summed E-state index contributed by atoms with van der Waals surface area (Å²) in [6, 6.07) is 8.33. The zero-order chi connectivity index (χ0) is 12.4. The lowest BCUT2D eigenvalue weighted by molar-refractivity contribution is 0.803. The first kappa shape index (κ1) is 12.3. The lowest BCUT2D eigenvalue weighted by Gasteiger charge is -2.06. The Morgan fingerprint density at radius 2 is 2.06 bits per heavy atom. The molecule has 2 N–H and O–H groups in total. The first-order chi connectivity index (χ1) is 8.11. The molecule has 90 valence electrons. The molecule has 0 amide bonds. The molecule has 0 unspecified atom stereocenters. The molecule has 0 radical (unpaired) electrons. The van der Waals surface area contributed by atoms with E-state index in [-0.39, 0.29) is 0 Å². The van der Waals surface area contributed by atoms with Crippen molar-refractivity contribution in [2.75, 3.05) is 6.54 Å². The van der Waals surface area contributed by atoms with Crippen molar-refractivity contribution < 1.29 is 0 Å². The van der Waals surface area contributed by atoms with Gasteiger partial charge in [0.25, 0.3) is 0 Å². The predicted molar refractivity (Wildman–Crippen MR) is 73.5 cm³/mol. The molecule has 0 saturated carbocycles. The minimum atomic E-state index is 0.633. The largest absolute Gasteiger partial charge is 0.330 e. The Morgan fingerprint density at radius 1 is 1.29 bits per heavy atom. The van der Waals surface area contributed by atoms with Crippen molar-refractivity contribution in [3.8, 4) is 5.69 Å². The first-order valence-electron chi connectivity index (χ1n) is 5.64. The maximum atomic E-state index is 5.55. The molecule has 1 aromatic heterocycles. The molecule has 4 heteroatoms. The van der Waals surface area contributed by atoms with E-state index in [1.807, 2.05) is 4.68 Å². The molecule has 2 rings (SSSR count). The van der Waals surface area contributed by atoms with Crippen LogP contribution < -0.4 is 5.73 Å². The van der Waals surface area contributed by atoms with Crippen molar-refractivity contribution in [2.24, 2.45) is 5.73 Å². The Kier molecular flexibility index (Phi) is 3.64. The summed E-state index contributed by atoms with van der Waals surface area (Å²) >= 11 is 3.54. The lowest BCUT2D eigenvalue weighted by Crippen LogP contribution is -2.04. The second kappa shape index (κ2) is 5.02. The van der Waals surface area contributed by atoms with Gasteiger partial charge in [0.05, 0.1) is 11.4 Å². The molecule has 3 nitrogen and oxygen atoms in total. The Labute approximate surface area is 110 Å². The third-order valence-electron chi connectivity index (χ3n) is 2.74. The van der Waals surface area contributed by atoms with E-state index in [0.717, 1.165) is 28.0 Å². The van der Waals surface area contributed by atoms with Gasteiger partial charge in [-0.25, -0.2) is 4.68 Å². The SMILES string of the molecule is Cc1ccc(-n2nc(CCN)cc2C)cc1Br. The maximum absolute atomic E-state index is 5.55. The molecule has 2 aromatic rings. The van der Waals surface area contributed by atoms with E-state index in [0.29, 0.717) is 6.54 Å². The van der Waals surface area contributed by atoms with E-state index >= 15 is 0 Å². The Balaban J connectivity index is 2.41. The molecule has 0 aliphatic carbocycles. The summed E-state index contributed by atoms with van der Waals surface area (Å²) in [5.74, 6) is 0. The molecule has 0 spiro atoms. The van der Waals surface area contributed by atoms with E-state index < -0.39 is 0 Å². The highest BCUT2D eigenvalue weighted by Gasteiger charge is 2.06. The molecule has 1 aromatic carbocycles. The van der Waals surface area contributed by atoms with Gasteiger partial charge in [-0.05, 0) is 44.2 Å². The molecule has 0 aliphatic heterocycles. The van der Waals surface area contributed by atoms with Gasteiger partial charge in [-0.3, -0.25) is 0 Å². The van der Waals surface area contributed by atoms with E-state index in [2.05, 4.69) is 59.1 Å². The van der Waals surface area contributed by atoms with Crippen molar-refractivity contribution >= 4 is 15.9 Å². The van der Waals surface area contributed by atoms with Crippen LogP contribution in [0.2, 0.25) is 0 Å². The van der Waals surface area contributed by atoms with Crippen LogP contribution in [0.1, 0.15) is 17.0 Å². The van der Waals surface area contributed by atoms with Crippen LogP contribution >= 0.6 is 15.9 Å². The van der Waals surface area contributed by atoms with Crippen molar-refractivity contribution in [3.05, 3.63) is 45.7 Å². The number of halogens is 1. The highest BCUT2D eigenvalue weighted by molar-refractivity contribution is 9.10. The van der Waals surface area contributed by atoms with Gasteiger partial charge in [-0.1, -0.05) is 22.0 Å². The summed E-state index contributed by atoms with van der Waals surface area (Å²) in [7, 11) is 0. The summed E-state index contributed by atoms with van der Waals surface area (Å²) in [6.07, 6.45) is 0.820. The highest BCUT2D eigenvalue weighted by atomic mass is 79.9. The van der Waals surface area contributed by atoms with Gasteiger partial charge < -0.3 is 5.73 Å². The number of rotatable bonds is 3. The fourth-order valence-electron chi connectivity index (χ4n) is 1.78. The smallest absolute Gasteiger partial charge is 0.0660 e. The molecule has 0 saturated heterocycles. The van der Waals surface area contributed by atoms with Gasteiger partial charge in [0.15, 0.2) is 0 Å². The summed E-state index contributed by atoms with van der Waals surface area (Å²) < 4.78 is 3.06. The van der Waals surface area contributed by atoms with Crippen LogP contribution in [-0.2, 0) is 6.42 Å². The van der Waals surface area contributed by atoms with Crippen molar-refractivity contribution in [3.63, 3.8) is 0 Å². The molecular weight excluding hydrogens is 278 g/mol. The van der Waals surface area contributed by atoms with Gasteiger partial charge in [-0.15, -0.1) is 0 Å². The Morgan fingerprint density at radius 3 is 2.71 bits per heavy atom. The van der Waals surface area contributed by atoms with Crippen molar-refractivity contribution in [2.45, 2.75) is 20.3 Å². The van der Waals surface area contributed by atoms with Crippen LogP contribution in [0.4, 0.5) is 0 Å². The van der Waals surface area contributed by atoms with E-state index in [4.69, 9.17) is 5.73 Å². The number of nitrogens with zero attached hydrogens (tertiary/aromatic N) is 2. The summed E-state index contributed by atoms with van der Waals surface area (Å²) in [6.45, 7) is 4.76. The first-order valence-corrected chi connectivity index (χ1v) is 6.43. The number of nitrogens with two attached hydrogens (primary N) is 1. The number of hydrogen-bond donors (Lipinski definition) is 1. The molecule has 1 heterocycles. The standard InChI is InChI=1S/C13H16BrN3/c1-9-3-4-12(8-13(9)14)17-10(2)7-11(16-17)5-6-15/h3-4,7-8H,5-6,15H2,1-2H3. The normalized spacial score (nSPS) is 10.8. The molecule has 0 atom stereocenters. The van der Waals surface area contributed by atoms with Crippen LogP contribution in [0.5, 0.6) is 0 Å². The van der Waals surface area contributed by atoms with E-state index in [9.17, 15) is 0 Å². The zero-order valence-corrected chi connectivity index (χ0v) is 11.7. The maximum Gasteiger partial charge on any atom is 0.0660 e. The van der Waals surface area contributed by atoms with Gasteiger partial charge in [0.1, 0.15) is 0 Å². The Hall–Kier alpha value is -1.13. The number of hydrogen-bond acceptors (Lipinski definition) is 2. The van der Waals surface area contributed by atoms with E-state index in [1.165, 1.54) is 5.56 Å². The average molecular weight is 294 g/mol. The second-order valence-corrected chi connectivity index (χ2v) is 5.02. The number of benzene rings is 1. The minimum Gasteiger partial charge on any atom is -0.330 e. The second-order valence-electron chi connectivity index (χ2n) is 4.16. The van der Waals surface area contributed by atoms with Crippen LogP contribution in [0.25, 0.3) is 5.69 Å². The van der Waals surface area contributed by atoms with Crippen LogP contribution in [-0.4, -0.2) is 16.3 Å². The van der Waals surface area contributed by atoms with Gasteiger partial charge >= 0.3 is 0 Å². The van der Waals surface area contributed by atoms with Crippen LogP contribution in [0.3, 0.4) is 0 Å². The van der Waals surface area contributed by atoms with Crippen LogP contribution in [0.15, 0.2) is 28.7 Å². The topological polar surface area (TPSA) is 43.8 Å². The average Bonchev–Trinajstić information content (AvgIpc) is 2.64. The van der Waals surface area contributed by atoms with Gasteiger partial charge in [0, 0.05) is 16.6 Å². The number of aromatic nitrogens is 2. The summed E-state index contributed by atoms with van der Waals surface area (Å²) in [4.78, 5) is 0. The minimum absolute atomic E-state index is 0.633. The summed E-state index contributed by atoms with van der Waals surface area (Å²) in [5, 5.41) is 4.56. The third-order valence-corrected chi connectivity index (χ3v) is 3.59. The highest BCUT2D eigenvalue weighted by Crippen LogP contribution is 2.21. The predicted octanol–water partition coefficient (Wildman–Crippen LogP) is 2.75. The molecule has 17 heavy (non-hydrogen) atoms. The fraction of sp³-hybridized carbons (Fsp3) is 0.308. The van der Waals surface area contributed by atoms with E-state index in [1.54, 1.807) is 0 Å². The molecular formula is C13H16BrN3. The monoisotopic (exact) mass is 293 g/mol. The van der Waals surface area contributed by atoms with Crippen molar-refractivity contribution in [1.82, 2.24) is 9.78 Å². The molecule has 0 aliphatic rings. The molecule has 0 fully saturated rings. The van der Waals surface area contributed by atoms with Gasteiger partial charge in [0.2, 0.25) is 0 Å². The van der Waals surface area contributed by atoms with Crippen LogP contribution in [0, 0.1) is 13.8 Å².